The maximum absolute atomic E-state index is 13.8. The van der Waals surface area contributed by atoms with Crippen LogP contribution in [0.2, 0.25) is 0 Å². The van der Waals surface area contributed by atoms with Crippen LogP contribution < -0.4 is 14.2 Å². The molecular formula is C17H18FNO6S. The Bertz CT molecular complexity index is 900. The molecule has 26 heavy (non-hydrogen) atoms. The summed E-state index contributed by atoms with van der Waals surface area (Å²) in [6, 6.07) is 8.23. The summed E-state index contributed by atoms with van der Waals surface area (Å²) in [6.45, 7) is 0. The molecule has 0 radical (unpaired) electrons. The highest BCUT2D eigenvalue weighted by molar-refractivity contribution is 7.89. The molecule has 0 saturated carbocycles. The lowest BCUT2D eigenvalue weighted by molar-refractivity contribution is -0.137. The van der Waals surface area contributed by atoms with Gasteiger partial charge in [0.2, 0.25) is 10.0 Å². The first-order valence-electron chi connectivity index (χ1n) is 7.49. The minimum atomic E-state index is -4.28. The molecule has 0 spiro atoms. The maximum Gasteiger partial charge on any atom is 0.305 e. The van der Waals surface area contributed by atoms with Gasteiger partial charge in [-0.25, -0.2) is 17.5 Å². The lowest BCUT2D eigenvalue weighted by atomic mass is 10.0. The van der Waals surface area contributed by atoms with Gasteiger partial charge < -0.3 is 14.6 Å². The molecule has 2 aromatic carbocycles. The third-order valence-electron chi connectivity index (χ3n) is 3.61. The fourth-order valence-electron chi connectivity index (χ4n) is 2.39. The van der Waals surface area contributed by atoms with E-state index in [2.05, 4.69) is 4.72 Å². The van der Waals surface area contributed by atoms with Crippen molar-refractivity contribution in [2.24, 2.45) is 0 Å². The van der Waals surface area contributed by atoms with Gasteiger partial charge in [-0.1, -0.05) is 18.2 Å². The molecule has 9 heteroatoms. The van der Waals surface area contributed by atoms with Gasteiger partial charge in [0, 0.05) is 0 Å². The number of carbonyl (C=O) groups is 1. The third kappa shape index (κ3) is 4.50. The largest absolute Gasteiger partial charge is 0.493 e. The van der Waals surface area contributed by atoms with E-state index in [9.17, 15) is 17.6 Å². The normalized spacial score (nSPS) is 12.4. The molecule has 0 bridgehead atoms. The van der Waals surface area contributed by atoms with E-state index in [4.69, 9.17) is 14.6 Å². The van der Waals surface area contributed by atoms with E-state index < -0.39 is 39.2 Å². The van der Waals surface area contributed by atoms with Crippen LogP contribution in [-0.4, -0.2) is 33.7 Å². The van der Waals surface area contributed by atoms with Crippen molar-refractivity contribution in [3.8, 4) is 11.5 Å². The number of halogens is 1. The summed E-state index contributed by atoms with van der Waals surface area (Å²) >= 11 is 0. The number of benzene rings is 2. The Morgan fingerprint density at radius 2 is 1.81 bits per heavy atom. The highest BCUT2D eigenvalue weighted by atomic mass is 32.2. The van der Waals surface area contributed by atoms with E-state index in [0.29, 0.717) is 17.1 Å². The molecule has 2 rings (SSSR count). The van der Waals surface area contributed by atoms with Crippen LogP contribution in [0.5, 0.6) is 11.5 Å². The molecule has 2 aromatic rings. The van der Waals surface area contributed by atoms with Crippen LogP contribution >= 0.6 is 0 Å². The number of nitrogens with one attached hydrogen (secondary N) is 1. The van der Waals surface area contributed by atoms with Gasteiger partial charge in [-0.3, -0.25) is 4.79 Å². The van der Waals surface area contributed by atoms with Crippen LogP contribution in [0.4, 0.5) is 4.39 Å². The van der Waals surface area contributed by atoms with E-state index in [1.165, 1.54) is 44.6 Å². The van der Waals surface area contributed by atoms with E-state index >= 15 is 0 Å². The zero-order chi connectivity index (χ0) is 19.3. The third-order valence-corrected chi connectivity index (χ3v) is 5.12. The smallest absolute Gasteiger partial charge is 0.305 e. The topological polar surface area (TPSA) is 102 Å². The Kier molecular flexibility index (Phi) is 6.17. The number of hydrogen-bond acceptors (Lipinski definition) is 5. The van der Waals surface area contributed by atoms with Crippen LogP contribution in [0.25, 0.3) is 0 Å². The van der Waals surface area contributed by atoms with Crippen molar-refractivity contribution >= 4 is 16.0 Å². The van der Waals surface area contributed by atoms with Crippen molar-refractivity contribution in [2.45, 2.75) is 17.4 Å². The van der Waals surface area contributed by atoms with E-state index in [-0.39, 0.29) is 0 Å². The van der Waals surface area contributed by atoms with Crippen LogP contribution in [0.1, 0.15) is 18.0 Å². The summed E-state index contributed by atoms with van der Waals surface area (Å²) < 4.78 is 51.3. The molecule has 0 aliphatic heterocycles. The molecule has 140 valence electrons. The van der Waals surface area contributed by atoms with Gasteiger partial charge in [-0.05, 0) is 29.8 Å². The van der Waals surface area contributed by atoms with Crippen LogP contribution in [-0.2, 0) is 14.8 Å². The maximum atomic E-state index is 13.8. The summed E-state index contributed by atoms with van der Waals surface area (Å²) in [5, 5.41) is 9.13. The number of methoxy groups -OCH3 is 2. The van der Waals surface area contributed by atoms with Crippen LogP contribution in [0.15, 0.2) is 47.4 Å². The quantitative estimate of drug-likeness (QED) is 0.725. The van der Waals surface area contributed by atoms with Gasteiger partial charge in [0.25, 0.3) is 0 Å². The van der Waals surface area contributed by atoms with Crippen LogP contribution in [0.3, 0.4) is 0 Å². The Hall–Kier alpha value is -2.65. The molecule has 0 saturated heterocycles. The Balaban J connectivity index is 2.42. The average molecular weight is 383 g/mol. The lowest BCUT2D eigenvalue weighted by Crippen LogP contribution is -2.31. The molecule has 1 atom stereocenters. The van der Waals surface area contributed by atoms with Gasteiger partial charge in [-0.2, -0.15) is 0 Å². The second kappa shape index (κ2) is 8.15. The summed E-state index contributed by atoms with van der Waals surface area (Å²) in [4.78, 5) is 10.6. The van der Waals surface area contributed by atoms with Crippen molar-refractivity contribution in [2.75, 3.05) is 14.2 Å². The first-order valence-corrected chi connectivity index (χ1v) is 8.97. The SMILES string of the molecule is COc1ccc(C(CC(=O)O)NS(=O)(=O)c2ccccc2F)cc1OC. The Morgan fingerprint density at radius 3 is 2.38 bits per heavy atom. The number of rotatable bonds is 8. The van der Waals surface area contributed by atoms with Crippen molar-refractivity contribution in [1.82, 2.24) is 4.72 Å². The number of sulfonamides is 1. The fraction of sp³-hybridized carbons (Fsp3) is 0.235. The molecule has 2 N–H and O–H groups in total. The Morgan fingerprint density at radius 1 is 1.15 bits per heavy atom. The number of aliphatic carboxylic acids is 1. The van der Waals surface area contributed by atoms with Gasteiger partial charge in [0.1, 0.15) is 10.7 Å². The minimum absolute atomic E-state index is 0.311. The molecule has 0 heterocycles. The number of hydrogen-bond donors (Lipinski definition) is 2. The summed E-state index contributed by atoms with van der Waals surface area (Å²) in [5.74, 6) is -1.44. The van der Waals surface area contributed by atoms with Gasteiger partial charge >= 0.3 is 5.97 Å². The van der Waals surface area contributed by atoms with Crippen LogP contribution in [0, 0.1) is 5.82 Å². The van der Waals surface area contributed by atoms with E-state index in [1.54, 1.807) is 0 Å². The number of carboxylic acids is 1. The van der Waals surface area contributed by atoms with E-state index in [0.717, 1.165) is 12.1 Å². The number of ether oxygens (including phenoxy) is 2. The fourth-order valence-corrected chi connectivity index (χ4v) is 3.69. The molecule has 0 fully saturated rings. The molecule has 0 aliphatic rings. The first kappa shape index (κ1) is 19.7. The number of carboxylic acid groups (broad SMARTS) is 1. The standard InChI is InChI=1S/C17H18FNO6S/c1-24-14-8-7-11(9-15(14)25-2)13(10-17(20)21)19-26(22,23)16-6-4-3-5-12(16)18/h3-9,13,19H,10H2,1-2H3,(H,20,21). The zero-order valence-electron chi connectivity index (χ0n) is 14.1. The second-order valence-corrected chi connectivity index (χ2v) is 7.00. The van der Waals surface area contributed by atoms with Crippen molar-refractivity contribution in [3.05, 3.63) is 53.8 Å². The van der Waals surface area contributed by atoms with E-state index in [1.807, 2.05) is 0 Å². The predicted octanol–water partition coefficient (Wildman–Crippen LogP) is 2.34. The highest BCUT2D eigenvalue weighted by Gasteiger charge is 2.26. The lowest BCUT2D eigenvalue weighted by Gasteiger charge is -2.19. The van der Waals surface area contributed by atoms with Gasteiger partial charge in [-0.15, -0.1) is 0 Å². The molecule has 0 aromatic heterocycles. The first-order chi connectivity index (χ1) is 12.3. The summed E-state index contributed by atoms with van der Waals surface area (Å²) in [5.41, 5.74) is 0.338. The van der Waals surface area contributed by atoms with Crippen molar-refractivity contribution in [3.63, 3.8) is 0 Å². The van der Waals surface area contributed by atoms with Gasteiger partial charge in [0.05, 0.1) is 26.7 Å². The summed E-state index contributed by atoms with van der Waals surface area (Å²) in [7, 11) is -1.44. The Labute approximate surface area is 150 Å². The van der Waals surface area contributed by atoms with Crippen molar-refractivity contribution in [1.29, 1.82) is 0 Å². The predicted molar refractivity (Wildman–Crippen MR) is 91.3 cm³/mol. The average Bonchev–Trinajstić information content (AvgIpc) is 2.60. The second-order valence-electron chi connectivity index (χ2n) is 5.32. The summed E-state index contributed by atoms with van der Waals surface area (Å²) in [6.07, 6.45) is -0.539. The monoisotopic (exact) mass is 383 g/mol. The molecule has 7 nitrogen and oxygen atoms in total. The zero-order valence-corrected chi connectivity index (χ0v) is 14.9. The molecular weight excluding hydrogens is 365 g/mol. The van der Waals surface area contributed by atoms with Gasteiger partial charge in [0.15, 0.2) is 11.5 Å². The minimum Gasteiger partial charge on any atom is -0.493 e. The molecule has 1 unspecified atom stereocenters. The molecule has 0 amide bonds. The highest BCUT2D eigenvalue weighted by Crippen LogP contribution is 2.31. The van der Waals surface area contributed by atoms with Crippen molar-refractivity contribution < 1.29 is 32.2 Å². The molecule has 0 aliphatic carbocycles.